The van der Waals surface area contributed by atoms with E-state index in [0.29, 0.717) is 10.7 Å². The van der Waals surface area contributed by atoms with Crippen molar-refractivity contribution in [2.45, 2.75) is 13.8 Å². The quantitative estimate of drug-likeness (QED) is 0.825. The number of anilines is 1. The minimum Gasteiger partial charge on any atom is -0.301 e. The molecule has 1 aromatic carbocycles. The fourth-order valence-electron chi connectivity index (χ4n) is 2.43. The molecule has 0 aliphatic carbocycles. The zero-order valence-electron chi connectivity index (χ0n) is 13.8. The summed E-state index contributed by atoms with van der Waals surface area (Å²) in [7, 11) is 0. The smallest absolute Gasteiger partial charge is 0.261 e. The second-order valence-electron chi connectivity index (χ2n) is 5.44. The number of hydrazine groups is 1. The molecule has 1 N–H and O–H groups in total. The van der Waals surface area contributed by atoms with E-state index < -0.39 is 0 Å². The summed E-state index contributed by atoms with van der Waals surface area (Å²) in [4.78, 5) is 39.8. The third-order valence-corrected chi connectivity index (χ3v) is 4.07. The molecule has 1 heterocycles. The highest BCUT2D eigenvalue weighted by molar-refractivity contribution is 6.31. The van der Waals surface area contributed by atoms with Crippen LogP contribution in [0.2, 0.25) is 5.02 Å². The van der Waals surface area contributed by atoms with Gasteiger partial charge in [-0.1, -0.05) is 31.5 Å². The molecular weight excluding hydrogens is 332 g/mol. The Balaban J connectivity index is 1.99. The van der Waals surface area contributed by atoms with Crippen molar-refractivity contribution in [2.75, 3.05) is 37.6 Å². The van der Waals surface area contributed by atoms with Gasteiger partial charge < -0.3 is 4.90 Å². The second kappa shape index (κ2) is 8.12. The van der Waals surface area contributed by atoms with Gasteiger partial charge >= 0.3 is 0 Å². The number of carbonyl (C=O) groups is 3. The number of rotatable bonds is 6. The van der Waals surface area contributed by atoms with Crippen LogP contribution in [-0.2, 0) is 14.4 Å². The SMILES string of the molecule is CCN(CC)CC(=O)NN1CC(=O)N(c2cccc(Cl)c2)CC1=O. The van der Waals surface area contributed by atoms with E-state index in [9.17, 15) is 14.4 Å². The maximum Gasteiger partial charge on any atom is 0.261 e. The summed E-state index contributed by atoms with van der Waals surface area (Å²) in [6.07, 6.45) is 0. The van der Waals surface area contributed by atoms with Crippen molar-refractivity contribution in [3.05, 3.63) is 29.3 Å². The first kappa shape index (κ1) is 18.2. The summed E-state index contributed by atoms with van der Waals surface area (Å²) in [5.74, 6) is -0.932. The van der Waals surface area contributed by atoms with Crippen LogP contribution in [0.5, 0.6) is 0 Å². The molecule has 1 aromatic rings. The van der Waals surface area contributed by atoms with Gasteiger partial charge in [-0.05, 0) is 31.3 Å². The lowest BCUT2D eigenvalue weighted by atomic mass is 10.2. The lowest BCUT2D eigenvalue weighted by Crippen LogP contribution is -2.60. The van der Waals surface area contributed by atoms with Crippen LogP contribution in [-0.4, -0.2) is 60.4 Å². The lowest BCUT2D eigenvalue weighted by molar-refractivity contribution is -0.146. The Hall–Kier alpha value is -2.12. The van der Waals surface area contributed by atoms with E-state index in [1.807, 2.05) is 18.7 Å². The normalized spacial score (nSPS) is 15.2. The highest BCUT2D eigenvalue weighted by Crippen LogP contribution is 2.21. The van der Waals surface area contributed by atoms with Crippen LogP contribution in [0.4, 0.5) is 5.69 Å². The molecule has 0 unspecified atom stereocenters. The maximum absolute atomic E-state index is 12.3. The van der Waals surface area contributed by atoms with E-state index in [1.54, 1.807) is 24.3 Å². The van der Waals surface area contributed by atoms with Gasteiger partial charge in [0.25, 0.3) is 11.8 Å². The number of hydrogen-bond acceptors (Lipinski definition) is 4. The van der Waals surface area contributed by atoms with Crippen LogP contribution in [0, 0.1) is 0 Å². The molecular formula is C16H21ClN4O3. The van der Waals surface area contributed by atoms with Crippen molar-refractivity contribution in [2.24, 2.45) is 0 Å². The summed E-state index contributed by atoms with van der Waals surface area (Å²) < 4.78 is 0. The minimum atomic E-state index is -0.345. The van der Waals surface area contributed by atoms with Crippen LogP contribution < -0.4 is 10.3 Å². The van der Waals surface area contributed by atoms with Crippen LogP contribution in [0.25, 0.3) is 0 Å². The van der Waals surface area contributed by atoms with Gasteiger partial charge in [-0.15, -0.1) is 0 Å². The van der Waals surface area contributed by atoms with Gasteiger partial charge in [0, 0.05) is 10.7 Å². The minimum absolute atomic E-state index is 0.134. The molecule has 24 heavy (non-hydrogen) atoms. The number of nitrogens with one attached hydrogen (secondary N) is 1. The third kappa shape index (κ3) is 4.46. The number of benzene rings is 1. The van der Waals surface area contributed by atoms with E-state index in [-0.39, 0.29) is 37.4 Å². The summed E-state index contributed by atoms with van der Waals surface area (Å²) in [5.41, 5.74) is 3.08. The maximum atomic E-state index is 12.3. The van der Waals surface area contributed by atoms with Crippen LogP contribution in [0.15, 0.2) is 24.3 Å². The van der Waals surface area contributed by atoms with Gasteiger partial charge in [-0.2, -0.15) is 0 Å². The molecule has 0 saturated carbocycles. The molecule has 8 heteroatoms. The molecule has 2 rings (SSSR count). The molecule has 0 atom stereocenters. The molecule has 0 spiro atoms. The van der Waals surface area contributed by atoms with Crippen LogP contribution in [0.3, 0.4) is 0 Å². The van der Waals surface area contributed by atoms with Gasteiger partial charge in [-0.25, -0.2) is 5.01 Å². The Bertz CT molecular complexity index is 634. The number of amides is 3. The average molecular weight is 353 g/mol. The first-order valence-corrected chi connectivity index (χ1v) is 8.20. The molecule has 1 aliphatic rings. The number of piperazine rings is 1. The third-order valence-electron chi connectivity index (χ3n) is 3.83. The Labute approximate surface area is 146 Å². The van der Waals surface area contributed by atoms with Crippen molar-refractivity contribution in [3.63, 3.8) is 0 Å². The number of likely N-dealkylation sites (N-methyl/N-ethyl adjacent to an activating group) is 1. The van der Waals surface area contributed by atoms with Crippen molar-refractivity contribution in [3.8, 4) is 0 Å². The molecule has 3 amide bonds. The number of halogens is 1. The Kier molecular flexibility index (Phi) is 6.16. The van der Waals surface area contributed by atoms with Gasteiger partial charge in [0.15, 0.2) is 0 Å². The summed E-state index contributed by atoms with van der Waals surface area (Å²) in [6.45, 7) is 5.23. The zero-order valence-corrected chi connectivity index (χ0v) is 14.5. The standard InChI is InChI=1S/C16H21ClN4O3/c1-3-19(4-2)9-14(22)18-21-11-15(23)20(10-16(21)24)13-7-5-6-12(17)8-13/h5-8H,3-4,9-11H2,1-2H3,(H,18,22). The molecule has 130 valence electrons. The molecule has 7 nitrogen and oxygen atoms in total. The number of nitrogens with zero attached hydrogens (tertiary/aromatic N) is 3. The number of carbonyl (C=O) groups excluding carboxylic acids is 3. The Morgan fingerprint density at radius 2 is 1.92 bits per heavy atom. The Morgan fingerprint density at radius 3 is 2.54 bits per heavy atom. The van der Waals surface area contributed by atoms with Gasteiger partial charge in [0.05, 0.1) is 6.54 Å². The van der Waals surface area contributed by atoms with Gasteiger partial charge in [0.1, 0.15) is 13.1 Å². The van der Waals surface area contributed by atoms with E-state index in [1.165, 1.54) is 4.90 Å². The van der Waals surface area contributed by atoms with Gasteiger partial charge in [0.2, 0.25) is 5.91 Å². The largest absolute Gasteiger partial charge is 0.301 e. The van der Waals surface area contributed by atoms with E-state index in [2.05, 4.69) is 5.43 Å². The first-order valence-electron chi connectivity index (χ1n) is 7.82. The number of hydrogen-bond donors (Lipinski definition) is 1. The van der Waals surface area contributed by atoms with Crippen molar-refractivity contribution in [1.82, 2.24) is 15.3 Å². The molecule has 1 saturated heterocycles. The van der Waals surface area contributed by atoms with E-state index >= 15 is 0 Å². The predicted molar refractivity (Wildman–Crippen MR) is 91.4 cm³/mol. The molecule has 0 bridgehead atoms. The lowest BCUT2D eigenvalue weighted by Gasteiger charge is -2.34. The van der Waals surface area contributed by atoms with E-state index in [0.717, 1.165) is 18.1 Å². The van der Waals surface area contributed by atoms with Crippen molar-refractivity contribution in [1.29, 1.82) is 0 Å². The molecule has 0 radical (unpaired) electrons. The molecule has 1 aliphatic heterocycles. The first-order chi connectivity index (χ1) is 11.4. The predicted octanol–water partition coefficient (Wildman–Crippen LogP) is 0.888. The average Bonchev–Trinajstić information content (AvgIpc) is 2.55. The summed E-state index contributed by atoms with van der Waals surface area (Å²) >= 11 is 5.93. The van der Waals surface area contributed by atoms with Gasteiger partial charge in [-0.3, -0.25) is 24.7 Å². The summed E-state index contributed by atoms with van der Waals surface area (Å²) in [5, 5.41) is 1.57. The highest BCUT2D eigenvalue weighted by Gasteiger charge is 2.32. The second-order valence-corrected chi connectivity index (χ2v) is 5.87. The fourth-order valence-corrected chi connectivity index (χ4v) is 2.62. The Morgan fingerprint density at radius 1 is 1.21 bits per heavy atom. The topological polar surface area (TPSA) is 73.0 Å². The summed E-state index contributed by atoms with van der Waals surface area (Å²) in [6, 6.07) is 6.75. The van der Waals surface area contributed by atoms with Crippen molar-refractivity contribution >= 4 is 35.0 Å². The highest BCUT2D eigenvalue weighted by atomic mass is 35.5. The van der Waals surface area contributed by atoms with E-state index in [4.69, 9.17) is 11.6 Å². The van der Waals surface area contributed by atoms with Crippen LogP contribution in [0.1, 0.15) is 13.8 Å². The van der Waals surface area contributed by atoms with Crippen molar-refractivity contribution < 1.29 is 14.4 Å². The van der Waals surface area contributed by atoms with Crippen LogP contribution >= 0.6 is 11.6 Å². The monoisotopic (exact) mass is 352 g/mol. The fraction of sp³-hybridized carbons (Fsp3) is 0.438. The molecule has 1 fully saturated rings. The zero-order chi connectivity index (χ0) is 17.7. The molecule has 0 aromatic heterocycles.